The summed E-state index contributed by atoms with van der Waals surface area (Å²) in [5, 5.41) is 2.92. The average molecular weight is 462 g/mol. The summed E-state index contributed by atoms with van der Waals surface area (Å²) in [6.07, 6.45) is 1.71. The van der Waals surface area contributed by atoms with Crippen molar-refractivity contribution in [3.05, 3.63) is 54.1 Å². The number of nitrogens with zero attached hydrogens (tertiary/aromatic N) is 1. The first kappa shape index (κ1) is 24.3. The summed E-state index contributed by atoms with van der Waals surface area (Å²) < 4.78 is 39.9. The number of halogens is 2. The van der Waals surface area contributed by atoms with Crippen LogP contribution in [0.15, 0.2) is 48.5 Å². The van der Waals surface area contributed by atoms with E-state index in [-0.39, 0.29) is 35.8 Å². The zero-order chi connectivity index (χ0) is 23.6. The standard InChI is InChI=1S/C24H28F2N2O5/c1-31-21-15-17(7-8-20(21)33-24(25)26)9-12-27-23(30)18-10-13-28(14-11-18)22(29)16-32-19-5-3-2-4-6-19/h2-8,15,18,24H,9-14,16H2,1H3,(H,27,30). The summed E-state index contributed by atoms with van der Waals surface area (Å²) in [4.78, 5) is 26.6. The molecule has 0 bridgehead atoms. The van der Waals surface area contributed by atoms with Crippen molar-refractivity contribution in [2.45, 2.75) is 25.9 Å². The zero-order valence-corrected chi connectivity index (χ0v) is 18.5. The van der Waals surface area contributed by atoms with Gasteiger partial charge in [-0.15, -0.1) is 0 Å². The number of nitrogens with one attached hydrogen (secondary N) is 1. The van der Waals surface area contributed by atoms with Crippen molar-refractivity contribution in [2.24, 2.45) is 5.92 Å². The Kier molecular flexibility index (Phi) is 8.86. The Morgan fingerprint density at radius 2 is 1.82 bits per heavy atom. The molecule has 2 aromatic rings. The third-order valence-corrected chi connectivity index (χ3v) is 5.48. The molecule has 0 aliphatic carbocycles. The third kappa shape index (κ3) is 7.34. The van der Waals surface area contributed by atoms with Gasteiger partial charge in [0.15, 0.2) is 18.1 Å². The van der Waals surface area contributed by atoms with Crippen molar-refractivity contribution in [3.8, 4) is 17.2 Å². The van der Waals surface area contributed by atoms with Crippen molar-refractivity contribution in [3.63, 3.8) is 0 Å². The topological polar surface area (TPSA) is 77.1 Å². The number of likely N-dealkylation sites (tertiary alicyclic amines) is 1. The lowest BCUT2D eigenvalue weighted by Crippen LogP contribution is -2.44. The van der Waals surface area contributed by atoms with Crippen LogP contribution in [0.25, 0.3) is 0 Å². The molecule has 2 amide bonds. The second kappa shape index (κ2) is 12.0. The quantitative estimate of drug-likeness (QED) is 0.587. The van der Waals surface area contributed by atoms with E-state index >= 15 is 0 Å². The number of hydrogen-bond acceptors (Lipinski definition) is 5. The average Bonchev–Trinajstić information content (AvgIpc) is 2.83. The van der Waals surface area contributed by atoms with Gasteiger partial charge in [-0.25, -0.2) is 0 Å². The molecule has 1 N–H and O–H groups in total. The molecule has 1 saturated heterocycles. The van der Waals surface area contributed by atoms with E-state index in [4.69, 9.17) is 9.47 Å². The van der Waals surface area contributed by atoms with E-state index in [0.717, 1.165) is 5.56 Å². The van der Waals surface area contributed by atoms with Gasteiger partial charge in [-0.3, -0.25) is 9.59 Å². The number of alkyl halides is 2. The van der Waals surface area contributed by atoms with E-state index in [0.29, 0.717) is 44.6 Å². The van der Waals surface area contributed by atoms with E-state index in [2.05, 4.69) is 10.1 Å². The molecule has 2 aromatic carbocycles. The number of para-hydroxylation sites is 1. The van der Waals surface area contributed by atoms with Gasteiger partial charge < -0.3 is 24.4 Å². The second-order valence-corrected chi connectivity index (χ2v) is 7.66. The number of carbonyl (C=O) groups is 2. The van der Waals surface area contributed by atoms with E-state index < -0.39 is 6.61 Å². The molecule has 7 nitrogen and oxygen atoms in total. The molecule has 0 atom stereocenters. The second-order valence-electron chi connectivity index (χ2n) is 7.66. The zero-order valence-electron chi connectivity index (χ0n) is 18.5. The van der Waals surface area contributed by atoms with Crippen LogP contribution in [-0.2, 0) is 16.0 Å². The first-order chi connectivity index (χ1) is 16.0. The Labute approximate surface area is 191 Å². The van der Waals surface area contributed by atoms with Crippen LogP contribution >= 0.6 is 0 Å². The van der Waals surface area contributed by atoms with E-state index in [1.807, 2.05) is 18.2 Å². The minimum Gasteiger partial charge on any atom is -0.493 e. The molecular weight excluding hydrogens is 434 g/mol. The van der Waals surface area contributed by atoms with E-state index in [1.165, 1.54) is 13.2 Å². The highest BCUT2D eigenvalue weighted by molar-refractivity contribution is 5.80. The smallest absolute Gasteiger partial charge is 0.387 e. The fourth-order valence-electron chi connectivity index (χ4n) is 3.68. The minimum atomic E-state index is -2.93. The van der Waals surface area contributed by atoms with Gasteiger partial charge in [0.05, 0.1) is 7.11 Å². The van der Waals surface area contributed by atoms with Gasteiger partial charge in [0.25, 0.3) is 5.91 Å². The molecule has 3 rings (SSSR count). The van der Waals surface area contributed by atoms with Gasteiger partial charge in [0.1, 0.15) is 5.75 Å². The largest absolute Gasteiger partial charge is 0.493 e. The highest BCUT2D eigenvalue weighted by atomic mass is 19.3. The van der Waals surface area contributed by atoms with Gasteiger partial charge >= 0.3 is 6.61 Å². The third-order valence-electron chi connectivity index (χ3n) is 5.48. The highest BCUT2D eigenvalue weighted by Gasteiger charge is 2.27. The molecule has 1 fully saturated rings. The van der Waals surface area contributed by atoms with Crippen LogP contribution in [0.4, 0.5) is 8.78 Å². The van der Waals surface area contributed by atoms with Crippen LogP contribution in [0.5, 0.6) is 17.2 Å². The van der Waals surface area contributed by atoms with Crippen LogP contribution < -0.4 is 19.5 Å². The molecule has 0 aromatic heterocycles. The summed E-state index contributed by atoms with van der Waals surface area (Å²) in [6, 6.07) is 13.9. The molecule has 1 heterocycles. The number of hydrogen-bond donors (Lipinski definition) is 1. The van der Waals surface area contributed by atoms with E-state index in [9.17, 15) is 18.4 Å². The normalized spacial score (nSPS) is 14.1. The number of piperidine rings is 1. The Morgan fingerprint density at radius 1 is 1.09 bits per heavy atom. The number of rotatable bonds is 10. The lowest BCUT2D eigenvalue weighted by Gasteiger charge is -2.31. The summed E-state index contributed by atoms with van der Waals surface area (Å²) in [7, 11) is 1.38. The van der Waals surface area contributed by atoms with E-state index in [1.54, 1.807) is 29.2 Å². The fraction of sp³-hybridized carbons (Fsp3) is 0.417. The molecule has 33 heavy (non-hydrogen) atoms. The maximum absolute atomic E-state index is 12.5. The predicted molar refractivity (Wildman–Crippen MR) is 118 cm³/mol. The molecule has 0 radical (unpaired) electrons. The maximum atomic E-state index is 12.5. The number of methoxy groups -OCH3 is 1. The van der Waals surface area contributed by atoms with Crippen LogP contribution in [0.3, 0.4) is 0 Å². The Morgan fingerprint density at radius 3 is 2.48 bits per heavy atom. The first-order valence-electron chi connectivity index (χ1n) is 10.8. The van der Waals surface area contributed by atoms with Crippen LogP contribution in [-0.4, -0.2) is 56.7 Å². The Bertz CT molecular complexity index is 918. The molecule has 0 unspecified atom stereocenters. The molecule has 0 saturated carbocycles. The van der Waals surface area contributed by atoms with Gasteiger partial charge in [-0.2, -0.15) is 8.78 Å². The molecule has 1 aliphatic heterocycles. The van der Waals surface area contributed by atoms with Crippen molar-refractivity contribution in [1.29, 1.82) is 0 Å². The monoisotopic (exact) mass is 462 g/mol. The van der Waals surface area contributed by atoms with Crippen molar-refractivity contribution < 1.29 is 32.6 Å². The van der Waals surface area contributed by atoms with Gasteiger partial charge in [-0.05, 0) is 49.1 Å². The van der Waals surface area contributed by atoms with Crippen LogP contribution in [0.1, 0.15) is 18.4 Å². The predicted octanol–water partition coefficient (Wildman–Crippen LogP) is 3.27. The molecular formula is C24H28F2N2O5. The summed E-state index contributed by atoms with van der Waals surface area (Å²) in [5.74, 6) is 0.538. The van der Waals surface area contributed by atoms with Crippen molar-refractivity contribution in [1.82, 2.24) is 10.2 Å². The minimum absolute atomic E-state index is 0.0223. The maximum Gasteiger partial charge on any atom is 0.387 e. The van der Waals surface area contributed by atoms with Gasteiger partial charge in [0, 0.05) is 25.6 Å². The number of amides is 2. The molecule has 0 spiro atoms. The highest BCUT2D eigenvalue weighted by Crippen LogP contribution is 2.29. The van der Waals surface area contributed by atoms with Crippen molar-refractivity contribution in [2.75, 3.05) is 33.4 Å². The summed E-state index contributed by atoms with van der Waals surface area (Å²) in [6.45, 7) is -1.52. The SMILES string of the molecule is COc1cc(CCNC(=O)C2CCN(C(=O)COc3ccccc3)CC2)ccc1OC(F)F. The van der Waals surface area contributed by atoms with Crippen LogP contribution in [0.2, 0.25) is 0 Å². The molecule has 1 aliphatic rings. The van der Waals surface area contributed by atoms with Crippen molar-refractivity contribution >= 4 is 11.8 Å². The fourth-order valence-corrected chi connectivity index (χ4v) is 3.68. The number of carbonyl (C=O) groups excluding carboxylic acids is 2. The van der Waals surface area contributed by atoms with Crippen LogP contribution in [0, 0.1) is 5.92 Å². The Balaban J connectivity index is 1.38. The lowest BCUT2D eigenvalue weighted by molar-refractivity contribution is -0.137. The Hall–Kier alpha value is -3.36. The summed E-state index contributed by atoms with van der Waals surface area (Å²) >= 11 is 0. The number of benzene rings is 2. The molecule has 9 heteroatoms. The number of ether oxygens (including phenoxy) is 3. The lowest BCUT2D eigenvalue weighted by atomic mass is 9.96. The molecule has 178 valence electrons. The van der Waals surface area contributed by atoms with Gasteiger partial charge in [-0.1, -0.05) is 24.3 Å². The van der Waals surface area contributed by atoms with Gasteiger partial charge in [0.2, 0.25) is 5.91 Å². The summed E-state index contributed by atoms with van der Waals surface area (Å²) in [5.41, 5.74) is 0.826. The first-order valence-corrected chi connectivity index (χ1v) is 10.8.